The molecule has 2 atom stereocenters. The van der Waals surface area contributed by atoms with Gasteiger partial charge in [-0.05, 0) is 44.9 Å². The maximum Gasteiger partial charge on any atom is 0.241 e. The third-order valence-electron chi connectivity index (χ3n) is 3.11. The molecule has 0 aromatic heterocycles. The number of hydrogen-bond donors (Lipinski definition) is 3. The monoisotopic (exact) mass is 264 g/mol. The highest BCUT2D eigenvalue weighted by molar-refractivity contribution is 5.94. The minimum absolute atomic E-state index is 0.0416. The Hall–Kier alpha value is -1.39. The van der Waals surface area contributed by atoms with E-state index in [9.17, 15) is 4.79 Å². The third kappa shape index (κ3) is 5.85. The van der Waals surface area contributed by atoms with E-state index < -0.39 is 0 Å². The predicted octanol–water partition coefficient (Wildman–Crippen LogP) is 1.93. The molecular weight excluding hydrogens is 240 g/mol. The number of anilines is 1. The van der Waals surface area contributed by atoms with Gasteiger partial charge in [-0.3, -0.25) is 4.79 Å². The van der Waals surface area contributed by atoms with Gasteiger partial charge in [0.2, 0.25) is 5.91 Å². The van der Waals surface area contributed by atoms with Gasteiger partial charge in [-0.2, -0.15) is 0 Å². The first kappa shape index (κ1) is 15.7. The van der Waals surface area contributed by atoms with Crippen LogP contribution in [-0.2, 0) is 4.79 Å². The van der Waals surface area contributed by atoms with Crippen molar-refractivity contribution in [3.63, 3.8) is 0 Å². The summed E-state index contributed by atoms with van der Waals surface area (Å²) in [5.41, 5.74) is 1.98. The van der Waals surface area contributed by atoms with E-state index in [0.717, 1.165) is 18.7 Å². The summed E-state index contributed by atoms with van der Waals surface area (Å²) in [5, 5.41) is 14.9. The Labute approximate surface area is 115 Å². The topological polar surface area (TPSA) is 61.4 Å². The van der Waals surface area contributed by atoms with Gasteiger partial charge in [-0.25, -0.2) is 0 Å². The van der Waals surface area contributed by atoms with E-state index in [-0.39, 0.29) is 18.6 Å². The first-order valence-electron chi connectivity index (χ1n) is 6.74. The highest BCUT2D eigenvalue weighted by Gasteiger charge is 2.13. The van der Waals surface area contributed by atoms with Crippen LogP contribution >= 0.6 is 0 Å². The van der Waals surface area contributed by atoms with E-state index in [4.69, 9.17) is 5.11 Å². The van der Waals surface area contributed by atoms with Crippen LogP contribution < -0.4 is 10.6 Å². The Morgan fingerprint density at radius 2 is 1.89 bits per heavy atom. The van der Waals surface area contributed by atoms with Crippen molar-refractivity contribution in [3.8, 4) is 0 Å². The van der Waals surface area contributed by atoms with Gasteiger partial charge in [0.1, 0.15) is 0 Å². The average Bonchev–Trinajstić information content (AvgIpc) is 2.39. The molecule has 0 radical (unpaired) electrons. The molecule has 0 aliphatic heterocycles. The number of aliphatic hydroxyl groups excluding tert-OH is 1. The second kappa shape index (κ2) is 7.92. The maximum absolute atomic E-state index is 11.9. The van der Waals surface area contributed by atoms with Crippen LogP contribution in [0, 0.1) is 12.8 Å². The lowest BCUT2D eigenvalue weighted by Crippen LogP contribution is -2.40. The number of carbonyl (C=O) groups is 1. The van der Waals surface area contributed by atoms with E-state index in [1.165, 1.54) is 5.56 Å². The third-order valence-corrected chi connectivity index (χ3v) is 3.11. The Kier molecular flexibility index (Phi) is 6.53. The predicted molar refractivity (Wildman–Crippen MR) is 78.1 cm³/mol. The summed E-state index contributed by atoms with van der Waals surface area (Å²) in [6.45, 7) is 6.82. The number of rotatable bonds is 7. The summed E-state index contributed by atoms with van der Waals surface area (Å²) in [6, 6.07) is 7.49. The lowest BCUT2D eigenvalue weighted by atomic mass is 10.1. The molecule has 0 fully saturated rings. The Morgan fingerprint density at radius 3 is 2.47 bits per heavy atom. The van der Waals surface area contributed by atoms with Crippen LogP contribution in [0.4, 0.5) is 5.69 Å². The van der Waals surface area contributed by atoms with E-state index in [0.29, 0.717) is 5.92 Å². The molecule has 4 heteroatoms. The molecule has 106 valence electrons. The van der Waals surface area contributed by atoms with Gasteiger partial charge in [0, 0.05) is 12.3 Å². The molecule has 0 bridgehead atoms. The van der Waals surface area contributed by atoms with Gasteiger partial charge in [0.25, 0.3) is 0 Å². The molecular formula is C15H24N2O2. The quantitative estimate of drug-likeness (QED) is 0.705. The first-order chi connectivity index (χ1) is 9.02. The SMILES string of the molecule is Cc1ccc(NC(=O)C(C)NCC(C)CCO)cc1. The smallest absolute Gasteiger partial charge is 0.241 e. The largest absolute Gasteiger partial charge is 0.396 e. The fraction of sp³-hybridized carbons (Fsp3) is 0.533. The number of carbonyl (C=O) groups excluding carboxylic acids is 1. The fourth-order valence-corrected chi connectivity index (χ4v) is 1.68. The highest BCUT2D eigenvalue weighted by atomic mass is 16.3. The molecule has 0 aliphatic carbocycles. The van der Waals surface area contributed by atoms with Gasteiger partial charge in [-0.15, -0.1) is 0 Å². The molecule has 2 unspecified atom stereocenters. The second-order valence-corrected chi connectivity index (χ2v) is 5.10. The number of amides is 1. The highest BCUT2D eigenvalue weighted by Crippen LogP contribution is 2.09. The van der Waals surface area contributed by atoms with Gasteiger partial charge in [0.05, 0.1) is 6.04 Å². The minimum atomic E-state index is -0.248. The molecule has 3 N–H and O–H groups in total. The zero-order valence-corrected chi connectivity index (χ0v) is 11.9. The molecule has 0 saturated carbocycles. The van der Waals surface area contributed by atoms with Crippen LogP contribution in [0.2, 0.25) is 0 Å². The Morgan fingerprint density at radius 1 is 1.26 bits per heavy atom. The molecule has 0 saturated heterocycles. The molecule has 0 aliphatic rings. The summed E-state index contributed by atoms with van der Waals surface area (Å²) < 4.78 is 0. The van der Waals surface area contributed by atoms with Crippen molar-refractivity contribution in [2.24, 2.45) is 5.92 Å². The summed E-state index contributed by atoms with van der Waals surface area (Å²) >= 11 is 0. The van der Waals surface area contributed by atoms with Gasteiger partial charge in [-0.1, -0.05) is 24.6 Å². The van der Waals surface area contributed by atoms with Crippen LogP contribution in [0.1, 0.15) is 25.8 Å². The lowest BCUT2D eigenvalue weighted by Gasteiger charge is -2.17. The van der Waals surface area contributed by atoms with Crippen molar-refractivity contribution in [2.75, 3.05) is 18.5 Å². The van der Waals surface area contributed by atoms with Crippen molar-refractivity contribution < 1.29 is 9.90 Å². The number of hydrogen-bond acceptors (Lipinski definition) is 3. The molecule has 1 amide bonds. The minimum Gasteiger partial charge on any atom is -0.396 e. The summed E-state index contributed by atoms with van der Waals surface area (Å²) in [5.74, 6) is 0.319. The number of nitrogens with one attached hydrogen (secondary N) is 2. The van der Waals surface area contributed by atoms with Gasteiger partial charge in [0.15, 0.2) is 0 Å². The number of benzene rings is 1. The summed E-state index contributed by atoms with van der Waals surface area (Å²) in [4.78, 5) is 11.9. The second-order valence-electron chi connectivity index (χ2n) is 5.10. The zero-order valence-electron chi connectivity index (χ0n) is 11.9. The Balaban J connectivity index is 2.38. The van der Waals surface area contributed by atoms with Crippen molar-refractivity contribution in [3.05, 3.63) is 29.8 Å². The van der Waals surface area contributed by atoms with Crippen LogP contribution in [0.15, 0.2) is 24.3 Å². The molecule has 4 nitrogen and oxygen atoms in total. The number of aliphatic hydroxyl groups is 1. The standard InChI is InChI=1S/C15H24N2O2/c1-11-4-6-14(7-5-11)17-15(19)13(3)16-10-12(2)8-9-18/h4-7,12-13,16,18H,8-10H2,1-3H3,(H,17,19). The van der Waals surface area contributed by atoms with Crippen LogP contribution in [0.25, 0.3) is 0 Å². The molecule has 0 heterocycles. The molecule has 1 rings (SSSR count). The van der Waals surface area contributed by atoms with E-state index >= 15 is 0 Å². The summed E-state index contributed by atoms with van der Waals surface area (Å²) in [6.07, 6.45) is 0.749. The van der Waals surface area contributed by atoms with Crippen molar-refractivity contribution in [2.45, 2.75) is 33.2 Å². The normalized spacial score (nSPS) is 13.9. The number of aryl methyl sites for hydroxylation is 1. The van der Waals surface area contributed by atoms with E-state index in [2.05, 4.69) is 10.6 Å². The Bertz CT molecular complexity index is 390. The fourth-order valence-electron chi connectivity index (χ4n) is 1.68. The van der Waals surface area contributed by atoms with E-state index in [1.807, 2.05) is 45.0 Å². The zero-order chi connectivity index (χ0) is 14.3. The molecule has 1 aromatic carbocycles. The molecule has 19 heavy (non-hydrogen) atoms. The van der Waals surface area contributed by atoms with Crippen LogP contribution in [0.3, 0.4) is 0 Å². The summed E-state index contributed by atoms with van der Waals surface area (Å²) in [7, 11) is 0. The van der Waals surface area contributed by atoms with E-state index in [1.54, 1.807) is 0 Å². The van der Waals surface area contributed by atoms with Gasteiger partial charge >= 0.3 is 0 Å². The van der Waals surface area contributed by atoms with Crippen LogP contribution in [0.5, 0.6) is 0 Å². The molecule has 0 spiro atoms. The average molecular weight is 264 g/mol. The van der Waals surface area contributed by atoms with Crippen LogP contribution in [-0.4, -0.2) is 30.2 Å². The van der Waals surface area contributed by atoms with Gasteiger partial charge < -0.3 is 15.7 Å². The lowest BCUT2D eigenvalue weighted by molar-refractivity contribution is -0.117. The maximum atomic E-state index is 11.9. The van der Waals surface area contributed by atoms with Crippen molar-refractivity contribution >= 4 is 11.6 Å². The van der Waals surface area contributed by atoms with Crippen molar-refractivity contribution in [1.29, 1.82) is 0 Å². The molecule has 1 aromatic rings. The van der Waals surface area contributed by atoms with Crippen molar-refractivity contribution in [1.82, 2.24) is 5.32 Å². The first-order valence-corrected chi connectivity index (χ1v) is 6.74.